The van der Waals surface area contributed by atoms with Crippen molar-refractivity contribution in [3.8, 4) is 11.5 Å². The summed E-state index contributed by atoms with van der Waals surface area (Å²) in [6, 6.07) is 1.69. The van der Waals surface area contributed by atoms with Gasteiger partial charge in [0, 0.05) is 28.7 Å². The summed E-state index contributed by atoms with van der Waals surface area (Å²) in [5.74, 6) is 1.14. The number of benzene rings is 1. The lowest BCUT2D eigenvalue weighted by atomic mass is 9.91. The fourth-order valence-electron chi connectivity index (χ4n) is 3.00. The molecule has 3 aliphatic rings. The third-order valence-electron chi connectivity index (χ3n) is 3.87. The third-order valence-corrected chi connectivity index (χ3v) is 3.87. The molecule has 1 aromatic carbocycles. The predicted octanol–water partition coefficient (Wildman–Crippen LogP) is 3.09. The Hall–Kier alpha value is -2.62. The van der Waals surface area contributed by atoms with Gasteiger partial charge in [-0.3, -0.25) is 0 Å². The van der Waals surface area contributed by atoms with E-state index in [0.717, 1.165) is 28.0 Å². The summed E-state index contributed by atoms with van der Waals surface area (Å²) in [5.41, 5.74) is 3.94. The molecule has 0 amide bonds. The van der Waals surface area contributed by atoms with E-state index < -0.39 is 0 Å². The van der Waals surface area contributed by atoms with Crippen molar-refractivity contribution in [3.63, 3.8) is 0 Å². The van der Waals surface area contributed by atoms with Gasteiger partial charge >= 0.3 is 0 Å². The van der Waals surface area contributed by atoms with E-state index in [1.807, 2.05) is 18.2 Å². The number of aromatic hydroxyl groups is 1. The molecule has 1 aromatic rings. The molecule has 1 aliphatic carbocycles. The molecular weight excluding hydrogens is 268 g/mol. The number of hydrogen-bond acceptors (Lipinski definition) is 4. The normalized spacial score (nSPS) is 18.8. The van der Waals surface area contributed by atoms with Crippen molar-refractivity contribution in [2.45, 2.75) is 6.42 Å². The van der Waals surface area contributed by atoms with Crippen LogP contribution >= 0.6 is 0 Å². The Bertz CT molecular complexity index is 751. The SMILES string of the molecule is OC1=CC2=CCOC=C2c2c(O)cc3c(c2C1)OCC=C3. The average Bonchev–Trinajstić information content (AvgIpc) is 2.63. The number of hydrogen-bond donors (Lipinski definition) is 2. The monoisotopic (exact) mass is 282 g/mol. The highest BCUT2D eigenvalue weighted by Crippen LogP contribution is 2.45. The Morgan fingerprint density at radius 2 is 2.05 bits per heavy atom. The average molecular weight is 282 g/mol. The standard InChI is InChI=1S/C17H14O4/c18-12-6-10-3-5-20-9-14(10)16-13(8-12)17-11(7-15(16)19)2-1-4-21-17/h1-3,6-7,9,18-19H,4-5,8H2. The maximum Gasteiger partial charge on any atom is 0.131 e. The van der Waals surface area contributed by atoms with Crippen LogP contribution in [-0.4, -0.2) is 23.4 Å². The first kappa shape index (κ1) is 12.1. The van der Waals surface area contributed by atoms with Crippen LogP contribution in [0.25, 0.3) is 11.6 Å². The number of ether oxygens (including phenoxy) is 2. The van der Waals surface area contributed by atoms with Crippen LogP contribution in [0.2, 0.25) is 0 Å². The maximum atomic E-state index is 10.4. The molecule has 2 heterocycles. The molecule has 2 N–H and O–H groups in total. The van der Waals surface area contributed by atoms with Crippen molar-refractivity contribution in [1.29, 1.82) is 0 Å². The lowest BCUT2D eigenvalue weighted by Crippen LogP contribution is -2.07. The van der Waals surface area contributed by atoms with Gasteiger partial charge in [0.2, 0.25) is 0 Å². The Balaban J connectivity index is 2.03. The van der Waals surface area contributed by atoms with Gasteiger partial charge in [-0.15, -0.1) is 0 Å². The fourth-order valence-corrected chi connectivity index (χ4v) is 3.00. The third kappa shape index (κ3) is 1.83. The van der Waals surface area contributed by atoms with Crippen LogP contribution < -0.4 is 4.74 Å². The topological polar surface area (TPSA) is 58.9 Å². The first-order chi connectivity index (χ1) is 10.2. The van der Waals surface area contributed by atoms with Crippen molar-refractivity contribution < 1.29 is 19.7 Å². The van der Waals surface area contributed by atoms with E-state index in [-0.39, 0.29) is 11.5 Å². The summed E-state index contributed by atoms with van der Waals surface area (Å²) >= 11 is 0. The van der Waals surface area contributed by atoms with Gasteiger partial charge in [-0.25, -0.2) is 0 Å². The Labute approximate surface area is 121 Å². The van der Waals surface area contributed by atoms with Crippen molar-refractivity contribution in [1.82, 2.24) is 0 Å². The minimum atomic E-state index is 0.171. The number of aliphatic hydroxyl groups excluding tert-OH is 1. The lowest BCUT2D eigenvalue weighted by molar-refractivity contribution is 0.287. The lowest BCUT2D eigenvalue weighted by Gasteiger charge is -2.22. The molecule has 0 fully saturated rings. The van der Waals surface area contributed by atoms with Crippen molar-refractivity contribution in [2.75, 3.05) is 13.2 Å². The first-order valence-electron chi connectivity index (χ1n) is 6.84. The number of phenols is 1. The summed E-state index contributed by atoms with van der Waals surface area (Å²) in [6.07, 6.45) is 9.39. The highest BCUT2D eigenvalue weighted by atomic mass is 16.5. The minimum Gasteiger partial charge on any atom is -0.512 e. The quantitative estimate of drug-likeness (QED) is 0.767. The molecule has 4 heteroatoms. The molecule has 0 unspecified atom stereocenters. The molecule has 106 valence electrons. The zero-order valence-electron chi connectivity index (χ0n) is 11.3. The number of phenolic OH excluding ortho intramolecular Hbond substituents is 1. The van der Waals surface area contributed by atoms with Crippen LogP contribution in [0.1, 0.15) is 16.7 Å². The molecule has 0 radical (unpaired) electrons. The number of rotatable bonds is 0. The summed E-state index contributed by atoms with van der Waals surface area (Å²) in [6.45, 7) is 0.954. The second kappa shape index (κ2) is 4.45. The van der Waals surface area contributed by atoms with E-state index in [0.29, 0.717) is 25.2 Å². The molecule has 0 spiro atoms. The van der Waals surface area contributed by atoms with E-state index in [4.69, 9.17) is 9.47 Å². The van der Waals surface area contributed by atoms with Crippen LogP contribution in [-0.2, 0) is 11.2 Å². The van der Waals surface area contributed by atoms with Crippen LogP contribution in [0, 0.1) is 0 Å². The fraction of sp³-hybridized carbons (Fsp3) is 0.176. The van der Waals surface area contributed by atoms with Crippen LogP contribution in [0.5, 0.6) is 11.5 Å². The van der Waals surface area contributed by atoms with Crippen LogP contribution in [0.15, 0.2) is 41.9 Å². The minimum absolute atomic E-state index is 0.171. The van der Waals surface area contributed by atoms with Crippen LogP contribution in [0.3, 0.4) is 0 Å². The zero-order chi connectivity index (χ0) is 14.4. The van der Waals surface area contributed by atoms with Crippen molar-refractivity contribution >= 4 is 11.6 Å². The van der Waals surface area contributed by atoms with E-state index in [1.165, 1.54) is 0 Å². The summed E-state index contributed by atoms with van der Waals surface area (Å²) < 4.78 is 11.1. The first-order valence-corrected chi connectivity index (χ1v) is 6.84. The molecule has 0 saturated heterocycles. The number of aliphatic hydroxyl groups is 1. The molecule has 21 heavy (non-hydrogen) atoms. The van der Waals surface area contributed by atoms with Crippen LogP contribution in [0.4, 0.5) is 0 Å². The van der Waals surface area contributed by atoms with Crippen molar-refractivity contribution in [3.05, 3.63) is 58.6 Å². The van der Waals surface area contributed by atoms with Gasteiger partial charge < -0.3 is 19.7 Å². The summed E-state index contributed by atoms with van der Waals surface area (Å²) in [4.78, 5) is 0. The molecule has 0 bridgehead atoms. The van der Waals surface area contributed by atoms with Gasteiger partial charge in [0.25, 0.3) is 0 Å². The molecule has 0 aromatic heterocycles. The maximum absolute atomic E-state index is 10.4. The zero-order valence-corrected chi connectivity index (χ0v) is 11.3. The van der Waals surface area contributed by atoms with Gasteiger partial charge in [0.1, 0.15) is 24.7 Å². The largest absolute Gasteiger partial charge is 0.512 e. The molecule has 4 nitrogen and oxygen atoms in total. The Morgan fingerprint density at radius 3 is 2.95 bits per heavy atom. The number of allylic oxidation sites excluding steroid dienone is 4. The smallest absolute Gasteiger partial charge is 0.131 e. The second-order valence-corrected chi connectivity index (χ2v) is 5.22. The summed E-state index contributed by atoms with van der Waals surface area (Å²) in [7, 11) is 0. The van der Waals surface area contributed by atoms with Gasteiger partial charge in [0.15, 0.2) is 0 Å². The van der Waals surface area contributed by atoms with Gasteiger partial charge in [-0.1, -0.05) is 6.08 Å². The van der Waals surface area contributed by atoms with E-state index in [1.54, 1.807) is 18.4 Å². The Kier molecular flexibility index (Phi) is 2.57. The molecule has 0 saturated carbocycles. The number of fused-ring (bicyclic) bond motifs is 5. The Morgan fingerprint density at radius 1 is 1.14 bits per heavy atom. The van der Waals surface area contributed by atoms with E-state index in [2.05, 4.69) is 0 Å². The predicted molar refractivity (Wildman–Crippen MR) is 79.1 cm³/mol. The van der Waals surface area contributed by atoms with Crippen molar-refractivity contribution in [2.24, 2.45) is 0 Å². The molecular formula is C17H14O4. The van der Waals surface area contributed by atoms with E-state index >= 15 is 0 Å². The van der Waals surface area contributed by atoms with Gasteiger partial charge in [-0.2, -0.15) is 0 Å². The highest BCUT2D eigenvalue weighted by Gasteiger charge is 2.27. The van der Waals surface area contributed by atoms with Gasteiger partial charge in [-0.05, 0) is 29.9 Å². The van der Waals surface area contributed by atoms with Gasteiger partial charge in [0.05, 0.1) is 12.0 Å². The molecule has 2 aliphatic heterocycles. The highest BCUT2D eigenvalue weighted by molar-refractivity contribution is 5.89. The summed E-state index contributed by atoms with van der Waals surface area (Å²) in [5, 5.41) is 20.6. The van der Waals surface area contributed by atoms with E-state index in [9.17, 15) is 10.2 Å². The second-order valence-electron chi connectivity index (χ2n) is 5.22. The molecule has 4 rings (SSSR count). The molecule has 0 atom stereocenters.